The highest BCUT2D eigenvalue weighted by Gasteiger charge is 2.60. The molecule has 20 heavy (non-hydrogen) atoms. The van der Waals surface area contributed by atoms with E-state index in [1.165, 1.54) is 24.0 Å². The minimum atomic E-state index is -3.41. The van der Waals surface area contributed by atoms with Crippen molar-refractivity contribution in [2.24, 2.45) is 11.3 Å². The van der Waals surface area contributed by atoms with Crippen molar-refractivity contribution in [3.63, 3.8) is 0 Å². The van der Waals surface area contributed by atoms with E-state index in [0.717, 1.165) is 24.5 Å². The molecule has 5 nitrogen and oxygen atoms in total. The molecule has 0 radical (unpaired) electrons. The SMILES string of the molecule is Cc1ncc(S(=O)(=O)N2CC3(CCC3)[C@H]3COC[C@H]32)s1. The second-order valence-corrected chi connectivity index (χ2v) is 9.53. The van der Waals surface area contributed by atoms with Gasteiger partial charge in [0, 0.05) is 12.5 Å². The van der Waals surface area contributed by atoms with Crippen molar-refractivity contribution in [3.05, 3.63) is 11.2 Å². The van der Waals surface area contributed by atoms with E-state index in [1.807, 2.05) is 6.92 Å². The van der Waals surface area contributed by atoms with Crippen molar-refractivity contribution in [1.29, 1.82) is 0 Å². The highest BCUT2D eigenvalue weighted by atomic mass is 32.2. The largest absolute Gasteiger partial charge is 0.379 e. The predicted octanol–water partition coefficient (Wildman–Crippen LogP) is 1.64. The molecule has 2 atom stereocenters. The van der Waals surface area contributed by atoms with Gasteiger partial charge >= 0.3 is 0 Å². The summed E-state index contributed by atoms with van der Waals surface area (Å²) in [7, 11) is -3.41. The van der Waals surface area contributed by atoms with Gasteiger partial charge in [-0.1, -0.05) is 6.42 Å². The first-order valence-corrected chi connectivity index (χ1v) is 9.31. The van der Waals surface area contributed by atoms with E-state index in [1.54, 1.807) is 4.31 Å². The van der Waals surface area contributed by atoms with Gasteiger partial charge in [-0.3, -0.25) is 0 Å². The third kappa shape index (κ3) is 1.66. The number of aryl methyl sites for hydroxylation is 1. The molecule has 0 aromatic carbocycles. The van der Waals surface area contributed by atoms with Crippen molar-refractivity contribution in [2.75, 3.05) is 19.8 Å². The van der Waals surface area contributed by atoms with Crippen LogP contribution in [-0.4, -0.2) is 43.5 Å². The molecule has 1 aromatic heterocycles. The molecular formula is C13H18N2O3S2. The number of hydrogen-bond acceptors (Lipinski definition) is 5. The molecule has 7 heteroatoms. The van der Waals surface area contributed by atoms with Gasteiger partial charge in [-0.05, 0) is 25.2 Å². The Hall–Kier alpha value is -0.500. The summed E-state index contributed by atoms with van der Waals surface area (Å²) in [6.07, 6.45) is 5.00. The van der Waals surface area contributed by atoms with E-state index in [0.29, 0.717) is 23.3 Å². The maximum absolute atomic E-state index is 12.9. The number of thiazole rings is 1. The molecule has 3 aliphatic rings. The van der Waals surface area contributed by atoms with Crippen LogP contribution < -0.4 is 0 Å². The van der Waals surface area contributed by atoms with Crippen molar-refractivity contribution >= 4 is 21.4 Å². The fraction of sp³-hybridized carbons (Fsp3) is 0.769. The first-order chi connectivity index (χ1) is 9.53. The van der Waals surface area contributed by atoms with Crippen LogP contribution in [0.15, 0.2) is 10.4 Å². The molecule has 1 aromatic rings. The zero-order valence-electron chi connectivity index (χ0n) is 11.4. The van der Waals surface area contributed by atoms with Gasteiger partial charge in [-0.25, -0.2) is 13.4 Å². The lowest BCUT2D eigenvalue weighted by Crippen LogP contribution is -2.39. The van der Waals surface area contributed by atoms with Gasteiger partial charge in [0.1, 0.15) is 0 Å². The molecule has 3 heterocycles. The Bertz CT molecular complexity index is 636. The highest BCUT2D eigenvalue weighted by Crippen LogP contribution is 2.56. The molecule has 110 valence electrons. The quantitative estimate of drug-likeness (QED) is 0.833. The Morgan fingerprint density at radius 1 is 1.45 bits per heavy atom. The zero-order valence-corrected chi connectivity index (χ0v) is 13.0. The van der Waals surface area contributed by atoms with Gasteiger partial charge in [0.05, 0.1) is 30.5 Å². The first kappa shape index (κ1) is 13.2. The fourth-order valence-corrected chi connectivity index (χ4v) is 6.94. The summed E-state index contributed by atoms with van der Waals surface area (Å²) in [6, 6.07) is 0.0303. The minimum absolute atomic E-state index is 0.0303. The average molecular weight is 314 g/mol. The van der Waals surface area contributed by atoms with Gasteiger partial charge in [0.15, 0.2) is 4.21 Å². The normalized spacial score (nSPS) is 32.5. The van der Waals surface area contributed by atoms with E-state index in [2.05, 4.69) is 4.98 Å². The van der Waals surface area contributed by atoms with Crippen LogP contribution >= 0.6 is 11.3 Å². The fourth-order valence-electron chi connectivity index (χ4n) is 3.96. The number of ether oxygens (including phenoxy) is 1. The van der Waals surface area contributed by atoms with E-state index >= 15 is 0 Å². The molecule has 2 aliphatic heterocycles. The molecule has 0 bridgehead atoms. The zero-order chi connectivity index (χ0) is 14.0. The van der Waals surface area contributed by atoms with Gasteiger partial charge < -0.3 is 4.74 Å². The number of sulfonamides is 1. The summed E-state index contributed by atoms with van der Waals surface area (Å²) in [5.41, 5.74) is 0.188. The van der Waals surface area contributed by atoms with Crippen molar-refractivity contribution in [2.45, 2.75) is 36.4 Å². The lowest BCUT2D eigenvalue weighted by atomic mass is 9.62. The maximum atomic E-state index is 12.9. The third-order valence-corrected chi connectivity index (χ3v) is 8.41. The second-order valence-electron chi connectivity index (χ2n) is 6.18. The van der Waals surface area contributed by atoms with Gasteiger partial charge in [-0.15, -0.1) is 11.3 Å². The molecule has 2 saturated heterocycles. The maximum Gasteiger partial charge on any atom is 0.254 e. The summed E-state index contributed by atoms with van der Waals surface area (Å²) < 4.78 is 33.4. The number of nitrogens with zero attached hydrogens (tertiary/aromatic N) is 2. The third-order valence-electron chi connectivity index (χ3n) is 5.19. The van der Waals surface area contributed by atoms with Crippen LogP contribution in [0.25, 0.3) is 0 Å². The summed E-state index contributed by atoms with van der Waals surface area (Å²) >= 11 is 1.26. The predicted molar refractivity (Wildman–Crippen MR) is 75.1 cm³/mol. The van der Waals surface area contributed by atoms with E-state index in [4.69, 9.17) is 4.74 Å². The van der Waals surface area contributed by atoms with Gasteiger partial charge in [0.25, 0.3) is 10.0 Å². The Morgan fingerprint density at radius 2 is 2.25 bits per heavy atom. The molecule has 3 fully saturated rings. The molecule has 1 aliphatic carbocycles. The molecule has 1 saturated carbocycles. The number of aromatic nitrogens is 1. The first-order valence-electron chi connectivity index (χ1n) is 7.05. The summed E-state index contributed by atoms with van der Waals surface area (Å²) in [5.74, 6) is 0.389. The van der Waals surface area contributed by atoms with E-state index < -0.39 is 10.0 Å². The standard InChI is InChI=1S/C13H18N2O3S2/c1-9-14-5-12(19-9)20(16,17)15-8-13(3-2-4-13)10-6-18-7-11(10)15/h5,10-11H,2-4,6-8H2,1H3/t10-,11+/m0/s1. The van der Waals surface area contributed by atoms with Crippen LogP contribution in [0.4, 0.5) is 0 Å². The molecule has 0 amide bonds. The Balaban J connectivity index is 1.71. The molecular weight excluding hydrogens is 296 g/mol. The molecule has 4 rings (SSSR count). The van der Waals surface area contributed by atoms with Crippen LogP contribution in [-0.2, 0) is 14.8 Å². The second kappa shape index (κ2) is 4.25. The van der Waals surface area contributed by atoms with Crippen LogP contribution in [0.1, 0.15) is 24.3 Å². The lowest BCUT2D eigenvalue weighted by Gasteiger charge is -2.42. The highest BCUT2D eigenvalue weighted by molar-refractivity contribution is 7.91. The summed E-state index contributed by atoms with van der Waals surface area (Å²) in [5, 5.41) is 0.792. The van der Waals surface area contributed by atoms with Crippen LogP contribution in [0.5, 0.6) is 0 Å². The minimum Gasteiger partial charge on any atom is -0.379 e. The molecule has 1 spiro atoms. The molecule has 0 unspecified atom stereocenters. The number of hydrogen-bond donors (Lipinski definition) is 0. The topological polar surface area (TPSA) is 59.5 Å². The molecule has 0 N–H and O–H groups in total. The average Bonchev–Trinajstić information content (AvgIpc) is 2.99. The van der Waals surface area contributed by atoms with Crippen LogP contribution in [0.3, 0.4) is 0 Å². The lowest BCUT2D eigenvalue weighted by molar-refractivity contribution is 0.0601. The smallest absolute Gasteiger partial charge is 0.254 e. The van der Waals surface area contributed by atoms with Crippen LogP contribution in [0, 0.1) is 18.3 Å². The Morgan fingerprint density at radius 3 is 2.85 bits per heavy atom. The van der Waals surface area contributed by atoms with Gasteiger partial charge in [0.2, 0.25) is 0 Å². The van der Waals surface area contributed by atoms with E-state index in [-0.39, 0.29) is 11.5 Å². The summed E-state index contributed by atoms with van der Waals surface area (Å²) in [6.45, 7) is 3.77. The number of rotatable bonds is 2. The van der Waals surface area contributed by atoms with Crippen molar-refractivity contribution in [1.82, 2.24) is 9.29 Å². The monoisotopic (exact) mass is 314 g/mol. The summed E-state index contributed by atoms with van der Waals surface area (Å²) in [4.78, 5) is 4.09. The number of fused-ring (bicyclic) bond motifs is 2. The Labute approximate surface area is 123 Å². The van der Waals surface area contributed by atoms with Crippen molar-refractivity contribution < 1.29 is 13.2 Å². The van der Waals surface area contributed by atoms with E-state index in [9.17, 15) is 8.42 Å². The van der Waals surface area contributed by atoms with Crippen LogP contribution in [0.2, 0.25) is 0 Å². The van der Waals surface area contributed by atoms with Crippen molar-refractivity contribution in [3.8, 4) is 0 Å². The Kier molecular flexibility index (Phi) is 2.80. The van der Waals surface area contributed by atoms with Gasteiger partial charge in [-0.2, -0.15) is 4.31 Å².